The number of nitrogens with one attached hydrogen (secondary N) is 1. The molecule has 2 N–H and O–H groups in total. The van der Waals surface area contributed by atoms with Crippen molar-refractivity contribution in [1.82, 2.24) is 4.57 Å². The number of carboxylic acids is 1. The lowest BCUT2D eigenvalue weighted by molar-refractivity contribution is -0.116. The highest BCUT2D eigenvalue weighted by Gasteiger charge is 2.14. The van der Waals surface area contributed by atoms with Crippen LogP contribution in [-0.2, 0) is 11.3 Å². The van der Waals surface area contributed by atoms with Gasteiger partial charge in [0.2, 0.25) is 5.91 Å². The number of carboxylic acid groups (broad SMARTS) is 1. The predicted octanol–water partition coefficient (Wildman–Crippen LogP) is 3.66. The van der Waals surface area contributed by atoms with Gasteiger partial charge in [-0.15, -0.1) is 0 Å². The Morgan fingerprint density at radius 2 is 1.90 bits per heavy atom. The third-order valence-corrected chi connectivity index (χ3v) is 4.06. The number of aromatic nitrogens is 1. The molecule has 0 fully saturated rings. The van der Waals surface area contributed by atoms with Crippen molar-refractivity contribution < 1.29 is 14.7 Å². The smallest absolute Gasteiger partial charge is 0.352 e. The maximum Gasteiger partial charge on any atom is 0.352 e. The average Bonchev–Trinajstić information content (AvgIpc) is 2.82. The second-order valence-corrected chi connectivity index (χ2v) is 6.19. The van der Waals surface area contributed by atoms with Gasteiger partial charge in [-0.05, 0) is 68.6 Å². The minimum atomic E-state index is -1.06. The van der Waals surface area contributed by atoms with Crippen molar-refractivity contribution in [2.24, 2.45) is 0 Å². The van der Waals surface area contributed by atoms with Crippen LogP contribution in [0.5, 0.6) is 0 Å². The third kappa shape index (κ3) is 3.74. The van der Waals surface area contributed by atoms with Gasteiger partial charge in [0, 0.05) is 15.1 Å². The van der Waals surface area contributed by atoms with Crippen molar-refractivity contribution >= 4 is 49.4 Å². The second kappa shape index (κ2) is 6.44. The van der Waals surface area contributed by atoms with Crippen LogP contribution in [0.4, 0.5) is 5.69 Å². The largest absolute Gasteiger partial charge is 0.477 e. The summed E-state index contributed by atoms with van der Waals surface area (Å²) >= 11 is 6.79. The summed E-state index contributed by atoms with van der Waals surface area (Å²) in [6.07, 6.45) is 1.56. The molecule has 0 aliphatic rings. The summed E-state index contributed by atoms with van der Waals surface area (Å²) in [5, 5.41) is 11.8. The first-order valence-electron chi connectivity index (χ1n) is 6.02. The molecule has 0 atom stereocenters. The molecule has 0 aliphatic carbocycles. The van der Waals surface area contributed by atoms with E-state index < -0.39 is 5.97 Å². The molecule has 5 nitrogen and oxygen atoms in total. The number of carbonyl (C=O) groups excluding carboxylic acids is 1. The Hall–Kier alpha value is -1.60. The fourth-order valence-corrected chi connectivity index (χ4v) is 3.51. The summed E-state index contributed by atoms with van der Waals surface area (Å²) in [5.41, 5.74) is 1.74. The lowest BCUT2D eigenvalue weighted by atomic mass is 10.2. The van der Waals surface area contributed by atoms with E-state index in [2.05, 4.69) is 37.2 Å². The molecule has 1 aromatic heterocycles. The van der Waals surface area contributed by atoms with E-state index in [-0.39, 0.29) is 18.1 Å². The number of hydrogen-bond donors (Lipinski definition) is 2. The van der Waals surface area contributed by atoms with E-state index in [1.54, 1.807) is 12.3 Å². The SMILES string of the molecule is Cc1cc(Br)c(NC(=O)Cn2cccc2C(=O)O)c(Br)c1. The summed E-state index contributed by atoms with van der Waals surface area (Å²) in [4.78, 5) is 23.1. The Morgan fingerprint density at radius 3 is 2.48 bits per heavy atom. The number of halogens is 2. The molecule has 0 spiro atoms. The number of benzene rings is 1. The second-order valence-electron chi connectivity index (χ2n) is 4.48. The zero-order chi connectivity index (χ0) is 15.6. The lowest BCUT2D eigenvalue weighted by Gasteiger charge is -2.12. The van der Waals surface area contributed by atoms with Crippen LogP contribution in [0.3, 0.4) is 0 Å². The molecule has 110 valence electrons. The van der Waals surface area contributed by atoms with Crippen LogP contribution in [0.15, 0.2) is 39.4 Å². The Labute approximate surface area is 138 Å². The van der Waals surface area contributed by atoms with Crippen LogP contribution >= 0.6 is 31.9 Å². The Balaban J connectivity index is 2.16. The van der Waals surface area contributed by atoms with Crippen LogP contribution in [0.1, 0.15) is 16.1 Å². The fraction of sp³-hybridized carbons (Fsp3) is 0.143. The molecule has 1 amide bonds. The molecule has 1 heterocycles. The highest BCUT2D eigenvalue weighted by molar-refractivity contribution is 9.11. The summed E-state index contributed by atoms with van der Waals surface area (Å²) in [6.45, 7) is 1.88. The van der Waals surface area contributed by atoms with Gasteiger partial charge in [0.15, 0.2) is 0 Å². The number of aromatic carboxylic acids is 1. The van der Waals surface area contributed by atoms with E-state index in [0.717, 1.165) is 14.5 Å². The minimum absolute atomic E-state index is 0.0681. The van der Waals surface area contributed by atoms with Crippen molar-refractivity contribution in [1.29, 1.82) is 0 Å². The maximum absolute atomic E-state index is 12.1. The fourth-order valence-electron chi connectivity index (χ4n) is 1.90. The minimum Gasteiger partial charge on any atom is -0.477 e. The highest BCUT2D eigenvalue weighted by Crippen LogP contribution is 2.32. The average molecular weight is 416 g/mol. The summed E-state index contributed by atoms with van der Waals surface area (Å²) in [6, 6.07) is 6.82. The van der Waals surface area contributed by atoms with Crippen molar-refractivity contribution in [3.8, 4) is 0 Å². The van der Waals surface area contributed by atoms with Gasteiger partial charge in [-0.1, -0.05) is 0 Å². The summed E-state index contributed by atoms with van der Waals surface area (Å²) in [5.74, 6) is -1.37. The van der Waals surface area contributed by atoms with E-state index in [0.29, 0.717) is 5.69 Å². The zero-order valence-electron chi connectivity index (χ0n) is 11.1. The first-order valence-corrected chi connectivity index (χ1v) is 7.61. The molecule has 21 heavy (non-hydrogen) atoms. The number of amides is 1. The number of anilines is 1. The van der Waals surface area contributed by atoms with Crippen molar-refractivity contribution in [2.45, 2.75) is 13.5 Å². The molecule has 0 radical (unpaired) electrons. The van der Waals surface area contributed by atoms with Gasteiger partial charge in [-0.3, -0.25) is 4.79 Å². The quantitative estimate of drug-likeness (QED) is 0.800. The van der Waals surface area contributed by atoms with Gasteiger partial charge in [-0.2, -0.15) is 0 Å². The molecule has 0 saturated heterocycles. The summed E-state index contributed by atoms with van der Waals surface area (Å²) in [7, 11) is 0. The number of rotatable bonds is 4. The molecule has 0 bridgehead atoms. The molecule has 0 unspecified atom stereocenters. The van der Waals surface area contributed by atoms with E-state index in [1.165, 1.54) is 10.6 Å². The molecule has 0 saturated carbocycles. The molecular formula is C14H12Br2N2O3. The Morgan fingerprint density at radius 1 is 1.29 bits per heavy atom. The van der Waals surface area contributed by atoms with Crippen LogP contribution < -0.4 is 5.32 Å². The molecule has 7 heteroatoms. The molecular weight excluding hydrogens is 404 g/mol. The van der Waals surface area contributed by atoms with Crippen LogP contribution in [0.25, 0.3) is 0 Å². The summed E-state index contributed by atoms with van der Waals surface area (Å²) < 4.78 is 2.90. The monoisotopic (exact) mass is 414 g/mol. The maximum atomic E-state index is 12.1. The number of hydrogen-bond acceptors (Lipinski definition) is 2. The van der Waals surface area contributed by atoms with Crippen LogP contribution in [0, 0.1) is 6.92 Å². The zero-order valence-corrected chi connectivity index (χ0v) is 14.2. The van der Waals surface area contributed by atoms with E-state index in [4.69, 9.17) is 5.11 Å². The van der Waals surface area contributed by atoms with Gasteiger partial charge in [0.05, 0.1) is 5.69 Å². The highest BCUT2D eigenvalue weighted by atomic mass is 79.9. The number of aryl methyl sites for hydroxylation is 1. The van der Waals surface area contributed by atoms with Crippen molar-refractivity contribution in [3.63, 3.8) is 0 Å². The molecule has 0 aliphatic heterocycles. The molecule has 2 aromatic rings. The van der Waals surface area contributed by atoms with Gasteiger partial charge < -0.3 is 15.0 Å². The van der Waals surface area contributed by atoms with Crippen molar-refractivity contribution in [3.05, 3.63) is 50.7 Å². The topological polar surface area (TPSA) is 71.3 Å². The number of nitrogens with zero attached hydrogens (tertiary/aromatic N) is 1. The van der Waals surface area contributed by atoms with E-state index >= 15 is 0 Å². The van der Waals surface area contributed by atoms with Crippen LogP contribution in [-0.4, -0.2) is 21.6 Å². The van der Waals surface area contributed by atoms with Gasteiger partial charge in [0.25, 0.3) is 0 Å². The van der Waals surface area contributed by atoms with E-state index in [1.807, 2.05) is 19.1 Å². The van der Waals surface area contributed by atoms with Gasteiger partial charge in [-0.25, -0.2) is 4.79 Å². The number of carbonyl (C=O) groups is 2. The van der Waals surface area contributed by atoms with Gasteiger partial charge in [0.1, 0.15) is 12.2 Å². The normalized spacial score (nSPS) is 10.4. The molecule has 2 rings (SSSR count). The molecule has 1 aromatic carbocycles. The lowest BCUT2D eigenvalue weighted by Crippen LogP contribution is -2.21. The Kier molecular flexibility index (Phi) is 4.84. The first-order chi connectivity index (χ1) is 9.88. The third-order valence-electron chi connectivity index (χ3n) is 2.81. The van der Waals surface area contributed by atoms with Crippen LogP contribution in [0.2, 0.25) is 0 Å². The van der Waals surface area contributed by atoms with E-state index in [9.17, 15) is 9.59 Å². The standard InChI is InChI=1S/C14H12Br2N2O3/c1-8-5-9(15)13(10(16)6-8)17-12(19)7-18-4-2-3-11(18)14(20)21/h2-6H,7H2,1H3,(H,17,19)(H,20,21). The predicted molar refractivity (Wildman–Crippen MR) is 86.6 cm³/mol. The van der Waals surface area contributed by atoms with Gasteiger partial charge >= 0.3 is 5.97 Å². The Bertz CT molecular complexity index is 687. The first kappa shape index (κ1) is 15.8. The van der Waals surface area contributed by atoms with Crippen molar-refractivity contribution in [2.75, 3.05) is 5.32 Å².